The molecular weight excluding hydrogens is 510 g/mol. The van der Waals surface area contributed by atoms with Crippen LogP contribution in [0, 0.1) is 0 Å². The van der Waals surface area contributed by atoms with E-state index in [1.54, 1.807) is 41.4 Å². The molecule has 2 aromatic carbocycles. The van der Waals surface area contributed by atoms with Crippen LogP contribution in [0.1, 0.15) is 11.1 Å². The van der Waals surface area contributed by atoms with Crippen molar-refractivity contribution in [1.82, 2.24) is 10.6 Å². The monoisotopic (exact) mass is 537 g/mol. The van der Waals surface area contributed by atoms with E-state index >= 15 is 0 Å². The van der Waals surface area contributed by atoms with E-state index in [4.69, 9.17) is 16.2 Å². The maximum atomic E-state index is 12.9. The minimum atomic E-state index is -2.13. The quantitative estimate of drug-likeness (QED) is 0.108. The Balaban J connectivity index is 2.16. The van der Waals surface area contributed by atoms with Crippen molar-refractivity contribution in [3.8, 4) is 0 Å². The van der Waals surface area contributed by atoms with Gasteiger partial charge in [-0.1, -0.05) is 54.1 Å². The molecule has 0 fully saturated rings. The second-order valence-corrected chi connectivity index (χ2v) is 9.44. The molecule has 4 N–H and O–H groups in total. The van der Waals surface area contributed by atoms with Gasteiger partial charge in [-0.2, -0.15) is 12.6 Å². The van der Waals surface area contributed by atoms with Crippen molar-refractivity contribution in [2.75, 3.05) is 17.5 Å². The Kier molecular flexibility index (Phi) is 12.9. The summed E-state index contributed by atoms with van der Waals surface area (Å²) < 4.78 is 22.4. The molecule has 1 amide bonds. The van der Waals surface area contributed by atoms with Gasteiger partial charge in [0.15, 0.2) is 0 Å². The van der Waals surface area contributed by atoms with Crippen LogP contribution in [0.25, 0.3) is 0 Å². The van der Waals surface area contributed by atoms with Gasteiger partial charge in [0.25, 0.3) is 11.3 Å². The normalized spacial score (nSPS) is 13.7. The fourth-order valence-electron chi connectivity index (χ4n) is 3.05. The number of benzene rings is 2. The second kappa shape index (κ2) is 15.7. The molecule has 0 aliphatic rings. The molecule has 0 spiro atoms. The van der Waals surface area contributed by atoms with Crippen LogP contribution in [0.2, 0.25) is 5.02 Å². The summed E-state index contributed by atoms with van der Waals surface area (Å²) in [5, 5.41) is 10.6. The zero-order valence-corrected chi connectivity index (χ0v) is 21.9. The molecule has 0 heterocycles. The van der Waals surface area contributed by atoms with Crippen LogP contribution in [0.3, 0.4) is 0 Å². The number of likely N-dealkylation sites (N-methyl/N-ethyl adjacent to an activating group) is 1. The molecule has 0 saturated heterocycles. The van der Waals surface area contributed by atoms with Crippen molar-refractivity contribution >= 4 is 58.9 Å². The molecule has 0 aliphatic carbocycles. The number of thioether (sulfide) groups is 1. The number of allylic oxidation sites excluding steroid dienone is 2. The van der Waals surface area contributed by atoms with Gasteiger partial charge in [0, 0.05) is 29.2 Å². The lowest BCUT2D eigenvalue weighted by Gasteiger charge is -2.22. The van der Waals surface area contributed by atoms with Crippen LogP contribution in [0.4, 0.5) is 5.69 Å². The molecule has 182 valence electrons. The maximum absolute atomic E-state index is 12.9. The Morgan fingerprint density at radius 1 is 1.21 bits per heavy atom. The number of thiol groups is 1. The maximum Gasteiger partial charge on any atom is 0.259 e. The summed E-state index contributed by atoms with van der Waals surface area (Å²) in [6.07, 6.45) is 6.54. The first kappa shape index (κ1) is 28.1. The lowest BCUT2D eigenvalue weighted by molar-refractivity contribution is -0.120. The predicted octanol–water partition coefficient (Wildman–Crippen LogP) is 4.95. The van der Waals surface area contributed by atoms with Crippen LogP contribution >= 0.6 is 36.0 Å². The van der Waals surface area contributed by atoms with Crippen LogP contribution in [-0.2, 0) is 28.9 Å². The lowest BCUT2D eigenvalue weighted by Crippen LogP contribution is -2.41. The number of amides is 1. The highest BCUT2D eigenvalue weighted by Crippen LogP contribution is 2.17. The molecule has 10 heteroatoms. The van der Waals surface area contributed by atoms with Crippen molar-refractivity contribution < 1.29 is 13.6 Å². The summed E-state index contributed by atoms with van der Waals surface area (Å²) in [5.41, 5.74) is 3.21. The highest BCUT2D eigenvalue weighted by molar-refractivity contribution is 8.02. The highest BCUT2D eigenvalue weighted by atomic mass is 35.5. The van der Waals surface area contributed by atoms with Crippen molar-refractivity contribution in [3.63, 3.8) is 0 Å². The fourth-order valence-corrected chi connectivity index (χ4v) is 4.48. The number of hydrogen-bond donors (Lipinski definition) is 5. The molecule has 0 aliphatic heterocycles. The Morgan fingerprint density at radius 3 is 2.62 bits per heavy atom. The third-order valence-corrected chi connectivity index (χ3v) is 6.21. The standard InChI is InChI=1S/C24H28ClN3O3S3/c1-26-23(17-33-13-4-2-3-12-32)22(15-18-8-10-21(11-9-18)28-34(30)31)27-24(29)16-19-6-5-7-20(25)14-19/h2-12,14,17,22,26,28,32H,13,15-16H2,1H3,(H,27,29)(H,30,31)/b4-2+,12-3-,23-17-/t22-/m0/s1. The lowest BCUT2D eigenvalue weighted by atomic mass is 10.0. The Morgan fingerprint density at radius 2 is 1.97 bits per heavy atom. The van der Waals surface area contributed by atoms with E-state index < -0.39 is 11.3 Å². The number of nitrogens with one attached hydrogen (secondary N) is 3. The van der Waals surface area contributed by atoms with Gasteiger partial charge < -0.3 is 10.6 Å². The summed E-state index contributed by atoms with van der Waals surface area (Å²) in [7, 11) is 1.82. The van der Waals surface area contributed by atoms with E-state index in [0.717, 1.165) is 22.6 Å². The van der Waals surface area contributed by atoms with Gasteiger partial charge in [-0.3, -0.25) is 14.1 Å². The smallest absolute Gasteiger partial charge is 0.259 e. The molecule has 1 unspecified atom stereocenters. The van der Waals surface area contributed by atoms with Gasteiger partial charge in [-0.05, 0) is 52.6 Å². The van der Waals surface area contributed by atoms with Crippen LogP contribution < -0.4 is 15.4 Å². The number of carbonyl (C=O) groups is 1. The Labute approximate surface area is 218 Å². The minimum absolute atomic E-state index is 0.119. The van der Waals surface area contributed by atoms with Crippen molar-refractivity contribution in [2.24, 2.45) is 0 Å². The van der Waals surface area contributed by atoms with Crippen LogP contribution in [0.5, 0.6) is 0 Å². The summed E-state index contributed by atoms with van der Waals surface area (Å²) in [4.78, 5) is 12.9. The average molecular weight is 538 g/mol. The molecular formula is C24H28ClN3O3S3. The van der Waals surface area contributed by atoms with E-state index in [0.29, 0.717) is 17.1 Å². The van der Waals surface area contributed by atoms with Crippen LogP contribution in [-0.4, -0.2) is 33.5 Å². The third kappa shape index (κ3) is 10.8. The number of hydrogen-bond acceptors (Lipinski definition) is 5. The number of halogens is 1. The number of anilines is 1. The summed E-state index contributed by atoms with van der Waals surface area (Å²) in [5.74, 6) is 0.650. The van der Waals surface area contributed by atoms with E-state index in [9.17, 15) is 9.00 Å². The molecule has 2 atom stereocenters. The summed E-state index contributed by atoms with van der Waals surface area (Å²) in [6, 6.07) is 14.1. The van der Waals surface area contributed by atoms with Gasteiger partial charge in [0.1, 0.15) is 0 Å². The fraction of sp³-hybridized carbons (Fsp3) is 0.208. The number of carbonyl (C=O) groups excluding carboxylic acids is 1. The van der Waals surface area contributed by atoms with Gasteiger partial charge >= 0.3 is 0 Å². The van der Waals surface area contributed by atoms with E-state index in [1.807, 2.05) is 54.9 Å². The summed E-state index contributed by atoms with van der Waals surface area (Å²) >= 11 is 9.55. The van der Waals surface area contributed by atoms with Gasteiger partial charge in [0.2, 0.25) is 5.91 Å². The number of rotatable bonds is 13. The van der Waals surface area contributed by atoms with Gasteiger partial charge in [0.05, 0.1) is 12.5 Å². The second-order valence-electron chi connectivity index (χ2n) is 7.11. The van der Waals surface area contributed by atoms with E-state index in [2.05, 4.69) is 28.0 Å². The molecule has 6 nitrogen and oxygen atoms in total. The van der Waals surface area contributed by atoms with Crippen molar-refractivity contribution in [1.29, 1.82) is 0 Å². The van der Waals surface area contributed by atoms with Crippen molar-refractivity contribution in [3.05, 3.63) is 99.4 Å². The summed E-state index contributed by atoms with van der Waals surface area (Å²) in [6.45, 7) is 0. The van der Waals surface area contributed by atoms with E-state index in [1.165, 1.54) is 0 Å². The molecule has 0 saturated carbocycles. The predicted molar refractivity (Wildman–Crippen MR) is 148 cm³/mol. The van der Waals surface area contributed by atoms with Crippen molar-refractivity contribution in [2.45, 2.75) is 18.9 Å². The first-order valence-corrected chi connectivity index (χ1v) is 13.4. The topological polar surface area (TPSA) is 90.5 Å². The van der Waals surface area contributed by atoms with Gasteiger partial charge in [-0.25, -0.2) is 4.21 Å². The van der Waals surface area contributed by atoms with Crippen LogP contribution in [0.15, 0.2) is 83.3 Å². The largest absolute Gasteiger partial charge is 0.389 e. The highest BCUT2D eigenvalue weighted by Gasteiger charge is 2.18. The first-order valence-electron chi connectivity index (χ1n) is 10.4. The Bertz CT molecular complexity index is 1040. The molecule has 34 heavy (non-hydrogen) atoms. The molecule has 0 radical (unpaired) electrons. The average Bonchev–Trinajstić information content (AvgIpc) is 2.79. The first-order chi connectivity index (χ1) is 16.4. The van der Waals surface area contributed by atoms with E-state index in [-0.39, 0.29) is 18.4 Å². The minimum Gasteiger partial charge on any atom is -0.389 e. The zero-order valence-electron chi connectivity index (χ0n) is 18.6. The third-order valence-electron chi connectivity index (χ3n) is 4.59. The van der Waals surface area contributed by atoms with Gasteiger partial charge in [-0.15, -0.1) is 11.8 Å². The zero-order chi connectivity index (χ0) is 24.8. The molecule has 0 bridgehead atoms. The molecule has 2 aromatic rings. The SMILES string of the molecule is CN/C(=C\SC/C=C/C=C\S)[C@H](Cc1ccc(NS(=O)O)cc1)NC(=O)Cc1cccc(Cl)c1. The molecule has 2 rings (SSSR count). The molecule has 0 aromatic heterocycles. The Hall–Kier alpha value is -2.17.